The lowest BCUT2D eigenvalue weighted by Gasteiger charge is -2.14. The van der Waals surface area contributed by atoms with Crippen LogP contribution in [0.15, 0.2) is 83.8 Å². The van der Waals surface area contributed by atoms with E-state index in [0.717, 1.165) is 5.56 Å². The Balaban J connectivity index is 1.90. The van der Waals surface area contributed by atoms with Crippen molar-refractivity contribution in [2.75, 3.05) is 4.72 Å². The summed E-state index contributed by atoms with van der Waals surface area (Å²) in [6, 6.07) is 20.8. The Hall–Kier alpha value is -3.39. The van der Waals surface area contributed by atoms with Gasteiger partial charge in [0.1, 0.15) is 6.61 Å². The lowest BCUT2D eigenvalue weighted by Crippen LogP contribution is -2.14. The topological polar surface area (TPSA) is 98.5 Å². The van der Waals surface area contributed by atoms with E-state index < -0.39 is 14.9 Å². The van der Waals surface area contributed by atoms with Gasteiger partial charge in [0, 0.05) is 6.07 Å². The number of nitrogens with zero attached hydrogens (tertiary/aromatic N) is 1. The fraction of sp³-hybridized carbons (Fsp3) is 0.0526. The quantitative estimate of drug-likeness (QED) is 0.491. The Morgan fingerprint density at radius 1 is 0.926 bits per heavy atom. The van der Waals surface area contributed by atoms with Gasteiger partial charge in [-0.1, -0.05) is 48.5 Å². The summed E-state index contributed by atoms with van der Waals surface area (Å²) >= 11 is 0. The molecule has 3 aromatic carbocycles. The number of sulfonamides is 1. The molecule has 27 heavy (non-hydrogen) atoms. The number of ether oxygens (including phenoxy) is 1. The largest absolute Gasteiger partial charge is 0.486 e. The second-order valence-corrected chi connectivity index (χ2v) is 7.31. The van der Waals surface area contributed by atoms with Crippen molar-refractivity contribution in [1.29, 1.82) is 0 Å². The van der Waals surface area contributed by atoms with Crippen molar-refractivity contribution in [2.24, 2.45) is 0 Å². The maximum absolute atomic E-state index is 12.5. The molecule has 3 aromatic rings. The molecule has 7 nitrogen and oxygen atoms in total. The normalized spacial score (nSPS) is 11.0. The number of hydrogen-bond donors (Lipinski definition) is 1. The van der Waals surface area contributed by atoms with E-state index in [1.54, 1.807) is 18.2 Å². The molecular weight excluding hydrogens is 368 g/mol. The van der Waals surface area contributed by atoms with Crippen LogP contribution in [0.4, 0.5) is 11.4 Å². The fourth-order valence-corrected chi connectivity index (χ4v) is 3.46. The van der Waals surface area contributed by atoms with Gasteiger partial charge in [-0.15, -0.1) is 0 Å². The molecule has 0 fully saturated rings. The molecule has 0 aliphatic carbocycles. The second kappa shape index (κ2) is 7.88. The third kappa shape index (κ3) is 4.62. The Labute approximate surface area is 156 Å². The van der Waals surface area contributed by atoms with Crippen molar-refractivity contribution in [1.82, 2.24) is 0 Å². The number of benzene rings is 3. The molecule has 0 radical (unpaired) electrons. The number of nitrogens with one attached hydrogen (secondary N) is 1. The van der Waals surface area contributed by atoms with E-state index in [4.69, 9.17) is 4.74 Å². The predicted octanol–water partition coefficient (Wildman–Crippen LogP) is 3.97. The molecule has 0 atom stereocenters. The zero-order valence-corrected chi connectivity index (χ0v) is 14.9. The summed E-state index contributed by atoms with van der Waals surface area (Å²) in [5.74, 6) is 0.0764. The zero-order chi connectivity index (χ0) is 19.3. The van der Waals surface area contributed by atoms with Crippen molar-refractivity contribution >= 4 is 21.4 Å². The van der Waals surface area contributed by atoms with Gasteiger partial charge in [0.2, 0.25) is 0 Å². The smallest absolute Gasteiger partial charge is 0.273 e. The van der Waals surface area contributed by atoms with Crippen LogP contribution in [0.1, 0.15) is 5.56 Å². The third-order valence-corrected chi connectivity index (χ3v) is 5.09. The van der Waals surface area contributed by atoms with Crippen molar-refractivity contribution in [3.63, 3.8) is 0 Å². The Morgan fingerprint density at radius 2 is 1.56 bits per heavy atom. The van der Waals surface area contributed by atoms with Crippen LogP contribution in [0.3, 0.4) is 0 Å². The molecule has 0 bridgehead atoms. The molecule has 0 aromatic heterocycles. The van der Waals surface area contributed by atoms with Crippen LogP contribution in [0.25, 0.3) is 0 Å². The predicted molar refractivity (Wildman–Crippen MR) is 101 cm³/mol. The van der Waals surface area contributed by atoms with Crippen molar-refractivity contribution in [2.45, 2.75) is 11.5 Å². The minimum absolute atomic E-state index is 0.0764. The summed E-state index contributed by atoms with van der Waals surface area (Å²) in [6.45, 7) is 0.141. The first-order valence-electron chi connectivity index (χ1n) is 7.99. The minimum atomic E-state index is -3.85. The second-order valence-electron chi connectivity index (χ2n) is 5.63. The van der Waals surface area contributed by atoms with E-state index in [1.807, 2.05) is 30.3 Å². The average Bonchev–Trinajstić information content (AvgIpc) is 2.68. The highest BCUT2D eigenvalue weighted by Gasteiger charge is 2.19. The summed E-state index contributed by atoms with van der Waals surface area (Å²) in [4.78, 5) is 10.6. The summed E-state index contributed by atoms with van der Waals surface area (Å²) < 4.78 is 33.2. The Morgan fingerprint density at radius 3 is 2.19 bits per heavy atom. The highest BCUT2D eigenvalue weighted by Crippen LogP contribution is 2.31. The maximum Gasteiger partial charge on any atom is 0.273 e. The van der Waals surface area contributed by atoms with Gasteiger partial charge in [0.15, 0.2) is 5.75 Å². The van der Waals surface area contributed by atoms with Crippen LogP contribution < -0.4 is 9.46 Å². The molecule has 3 rings (SSSR count). The first-order valence-corrected chi connectivity index (χ1v) is 9.47. The standard InChI is InChI=1S/C19H16N2O5S/c22-21(23)16-11-12-18(20-27(24,25)17-9-5-2-6-10-17)19(13-16)26-14-15-7-3-1-4-8-15/h1-13,20H,14H2. The van der Waals surface area contributed by atoms with E-state index in [1.165, 1.54) is 30.3 Å². The lowest BCUT2D eigenvalue weighted by atomic mass is 10.2. The van der Waals surface area contributed by atoms with Crippen molar-refractivity contribution in [3.8, 4) is 5.75 Å². The zero-order valence-electron chi connectivity index (χ0n) is 14.1. The molecule has 1 N–H and O–H groups in total. The number of hydrogen-bond acceptors (Lipinski definition) is 5. The van der Waals surface area contributed by atoms with Gasteiger partial charge in [0.05, 0.1) is 21.6 Å². The van der Waals surface area contributed by atoms with Gasteiger partial charge in [-0.05, 0) is 23.8 Å². The molecule has 8 heteroatoms. The fourth-order valence-electron chi connectivity index (χ4n) is 2.37. The molecule has 0 saturated heterocycles. The number of nitro groups is 1. The molecular formula is C19H16N2O5S. The lowest BCUT2D eigenvalue weighted by molar-refractivity contribution is -0.384. The van der Waals surface area contributed by atoms with Gasteiger partial charge in [-0.3, -0.25) is 14.8 Å². The summed E-state index contributed by atoms with van der Waals surface area (Å²) in [7, 11) is -3.85. The Bertz CT molecular complexity index is 1040. The van der Waals surface area contributed by atoms with E-state index >= 15 is 0 Å². The number of rotatable bonds is 7. The van der Waals surface area contributed by atoms with Crippen LogP contribution in [0, 0.1) is 10.1 Å². The van der Waals surface area contributed by atoms with Crippen LogP contribution in [0.5, 0.6) is 5.75 Å². The number of non-ortho nitro benzene ring substituents is 1. The van der Waals surface area contributed by atoms with E-state index in [0.29, 0.717) is 0 Å². The molecule has 0 saturated carbocycles. The van der Waals surface area contributed by atoms with Crippen LogP contribution in [-0.2, 0) is 16.6 Å². The highest BCUT2D eigenvalue weighted by molar-refractivity contribution is 7.92. The number of anilines is 1. The molecule has 0 aliphatic rings. The first kappa shape index (κ1) is 18.4. The molecule has 0 spiro atoms. The highest BCUT2D eigenvalue weighted by atomic mass is 32.2. The van der Waals surface area contributed by atoms with Gasteiger partial charge in [-0.25, -0.2) is 8.42 Å². The van der Waals surface area contributed by atoms with Crippen molar-refractivity contribution in [3.05, 3.63) is 94.5 Å². The monoisotopic (exact) mass is 384 g/mol. The summed E-state index contributed by atoms with van der Waals surface area (Å²) in [5, 5.41) is 11.1. The SMILES string of the molecule is O=[N+]([O-])c1ccc(NS(=O)(=O)c2ccccc2)c(OCc2ccccc2)c1. The molecule has 138 valence electrons. The molecule has 0 aliphatic heterocycles. The minimum Gasteiger partial charge on any atom is -0.486 e. The van der Waals surface area contributed by atoms with Crippen LogP contribution in [-0.4, -0.2) is 13.3 Å². The van der Waals surface area contributed by atoms with Crippen LogP contribution in [0.2, 0.25) is 0 Å². The first-order chi connectivity index (χ1) is 13.0. The molecule has 0 heterocycles. The third-order valence-electron chi connectivity index (χ3n) is 3.71. The average molecular weight is 384 g/mol. The van der Waals surface area contributed by atoms with Gasteiger partial charge in [0.25, 0.3) is 15.7 Å². The number of nitro benzene ring substituents is 1. The van der Waals surface area contributed by atoms with Gasteiger partial charge >= 0.3 is 0 Å². The maximum atomic E-state index is 12.5. The van der Waals surface area contributed by atoms with Crippen LogP contribution >= 0.6 is 0 Å². The molecule has 0 unspecified atom stereocenters. The van der Waals surface area contributed by atoms with Crippen molar-refractivity contribution < 1.29 is 18.1 Å². The summed E-state index contributed by atoms with van der Waals surface area (Å²) in [5.41, 5.74) is 0.780. The van der Waals surface area contributed by atoms with Gasteiger partial charge in [-0.2, -0.15) is 0 Å². The molecule has 0 amide bonds. The van der Waals surface area contributed by atoms with E-state index in [2.05, 4.69) is 4.72 Å². The summed E-state index contributed by atoms with van der Waals surface area (Å²) in [6.07, 6.45) is 0. The van der Waals surface area contributed by atoms with E-state index in [9.17, 15) is 18.5 Å². The van der Waals surface area contributed by atoms with Gasteiger partial charge < -0.3 is 4.74 Å². The van der Waals surface area contributed by atoms with E-state index in [-0.39, 0.29) is 28.6 Å². The Kier molecular flexibility index (Phi) is 5.37.